The molecule has 0 saturated heterocycles. The van der Waals surface area contributed by atoms with Crippen LogP contribution >= 0.6 is 0 Å². The number of quaternary nitrogens is 1. The van der Waals surface area contributed by atoms with Crippen molar-refractivity contribution in [2.45, 2.75) is 25.7 Å². The van der Waals surface area contributed by atoms with Gasteiger partial charge in [-0.2, -0.15) is 4.99 Å². The Hall–Kier alpha value is -4.26. The minimum absolute atomic E-state index is 0.0411. The molecule has 2 aliphatic rings. The lowest BCUT2D eigenvalue weighted by molar-refractivity contribution is -0.716. The van der Waals surface area contributed by atoms with Crippen molar-refractivity contribution in [1.29, 1.82) is 0 Å². The summed E-state index contributed by atoms with van der Waals surface area (Å²) in [5, 5.41) is 11.0. The number of amidine groups is 1. The number of amides is 4. The molecule has 3 heterocycles. The molecule has 4 amide bonds. The van der Waals surface area contributed by atoms with Crippen LogP contribution in [0.25, 0.3) is 0 Å². The van der Waals surface area contributed by atoms with Crippen LogP contribution in [-0.4, -0.2) is 63.7 Å². The molecule has 1 unspecified atom stereocenters. The molecule has 5 N–H and O–H groups in total. The molecule has 1 aliphatic heterocycles. The standard InChI is InChI=1S/C24H31N9O4/c1-31-11-10-25-19(31)24(37)28-16-12-17(32(2)13-16)22(35)30-18-14-33(3)20(29-18)23(36)27-9-8-26-21(34)15-6-4-5-7-15/h10-15H,4-9H2,1-3H3,(H,26,34)(H,27,36)(H,28,37)(H,30,35)/p+1. The number of carbonyl (C=O) groups excluding carboxylic acids is 4. The average Bonchev–Trinajstić information content (AvgIpc) is 3.64. The van der Waals surface area contributed by atoms with E-state index < -0.39 is 11.8 Å². The van der Waals surface area contributed by atoms with Crippen molar-refractivity contribution in [1.82, 2.24) is 30.1 Å². The molecule has 2 aromatic heterocycles. The number of carbonyl (C=O) groups is 4. The summed E-state index contributed by atoms with van der Waals surface area (Å²) >= 11 is 0. The second-order valence-electron chi connectivity index (χ2n) is 9.20. The first-order chi connectivity index (χ1) is 17.7. The van der Waals surface area contributed by atoms with Crippen LogP contribution in [0.1, 0.15) is 46.8 Å². The van der Waals surface area contributed by atoms with E-state index in [2.05, 4.69) is 31.2 Å². The summed E-state index contributed by atoms with van der Waals surface area (Å²) in [6.45, 7) is 0.623. The van der Waals surface area contributed by atoms with Crippen LogP contribution < -0.4 is 26.2 Å². The molecule has 0 aromatic carbocycles. The largest absolute Gasteiger partial charge is 0.354 e. The number of aliphatic imine (C=N–C) groups is 1. The molecular weight excluding hydrogens is 478 g/mol. The van der Waals surface area contributed by atoms with Crippen molar-refractivity contribution >= 4 is 35.2 Å². The van der Waals surface area contributed by atoms with Gasteiger partial charge in [0.25, 0.3) is 17.6 Å². The second kappa shape index (κ2) is 11.2. The Labute approximate surface area is 214 Å². The number of nitrogens with one attached hydrogen (secondary N) is 5. The van der Waals surface area contributed by atoms with E-state index in [1.165, 1.54) is 6.20 Å². The van der Waals surface area contributed by atoms with Crippen LogP contribution in [0.15, 0.2) is 41.7 Å². The van der Waals surface area contributed by atoms with Gasteiger partial charge in [0.15, 0.2) is 11.6 Å². The zero-order chi connectivity index (χ0) is 26.5. The zero-order valence-corrected chi connectivity index (χ0v) is 21.1. The van der Waals surface area contributed by atoms with Crippen molar-refractivity contribution in [3.05, 3.63) is 48.2 Å². The van der Waals surface area contributed by atoms with Gasteiger partial charge in [0.05, 0.1) is 12.7 Å². The number of likely N-dealkylation sites (N-methyl/N-ethyl adjacent to an activating group) is 1. The highest BCUT2D eigenvalue weighted by atomic mass is 16.2. The summed E-state index contributed by atoms with van der Waals surface area (Å²) in [6, 6.07) is 1.54. The van der Waals surface area contributed by atoms with E-state index in [1.807, 2.05) is 0 Å². The fraction of sp³-hybridized carbons (Fsp3) is 0.417. The van der Waals surface area contributed by atoms with Gasteiger partial charge in [-0.1, -0.05) is 12.8 Å². The summed E-state index contributed by atoms with van der Waals surface area (Å²) in [4.78, 5) is 58.8. The molecule has 13 nitrogen and oxygen atoms in total. The van der Waals surface area contributed by atoms with Gasteiger partial charge in [0.1, 0.15) is 11.9 Å². The molecule has 1 fully saturated rings. The van der Waals surface area contributed by atoms with E-state index in [4.69, 9.17) is 0 Å². The number of rotatable bonds is 9. The first-order valence-corrected chi connectivity index (χ1v) is 12.2. The van der Waals surface area contributed by atoms with Gasteiger partial charge in [-0.3, -0.25) is 24.1 Å². The number of aromatic nitrogens is 3. The minimum Gasteiger partial charge on any atom is -0.354 e. The highest BCUT2D eigenvalue weighted by molar-refractivity contribution is 6.34. The predicted molar refractivity (Wildman–Crippen MR) is 134 cm³/mol. The van der Waals surface area contributed by atoms with E-state index in [-0.39, 0.29) is 41.8 Å². The molecule has 0 bridgehead atoms. The SMILES string of the molecule is Cn1cc(NC(=O)c2nccn2C)cc1C(=O)NC1=C[NH+](C)C(C(=O)NCCNC(=O)C2CCCC2)=N1. The van der Waals surface area contributed by atoms with Crippen molar-refractivity contribution in [3.8, 4) is 0 Å². The van der Waals surface area contributed by atoms with Crippen LogP contribution in [-0.2, 0) is 23.7 Å². The van der Waals surface area contributed by atoms with Crippen molar-refractivity contribution in [2.24, 2.45) is 25.0 Å². The molecule has 196 valence electrons. The van der Waals surface area contributed by atoms with Crippen LogP contribution in [0.2, 0.25) is 0 Å². The van der Waals surface area contributed by atoms with Gasteiger partial charge < -0.3 is 30.4 Å². The molecule has 1 atom stereocenters. The smallest absolute Gasteiger partial charge is 0.326 e. The van der Waals surface area contributed by atoms with Gasteiger partial charge in [0.2, 0.25) is 5.91 Å². The maximum atomic E-state index is 12.8. The van der Waals surface area contributed by atoms with Gasteiger partial charge in [-0.05, 0) is 18.9 Å². The Morgan fingerprint density at radius 2 is 1.73 bits per heavy atom. The molecule has 37 heavy (non-hydrogen) atoms. The lowest BCUT2D eigenvalue weighted by atomic mass is 10.1. The Kier molecular flexibility index (Phi) is 7.82. The number of anilines is 1. The summed E-state index contributed by atoms with van der Waals surface area (Å²) in [5.41, 5.74) is 0.729. The number of aryl methyl sites for hydroxylation is 2. The summed E-state index contributed by atoms with van der Waals surface area (Å²) < 4.78 is 3.17. The Bertz CT molecular complexity index is 1270. The van der Waals surface area contributed by atoms with Gasteiger partial charge in [0, 0.05) is 51.7 Å². The maximum Gasteiger partial charge on any atom is 0.326 e. The third kappa shape index (κ3) is 6.12. The molecule has 0 radical (unpaired) electrons. The molecule has 4 rings (SSSR count). The van der Waals surface area contributed by atoms with Crippen molar-refractivity contribution < 1.29 is 24.1 Å². The third-order valence-electron chi connectivity index (χ3n) is 6.37. The van der Waals surface area contributed by atoms with Crippen molar-refractivity contribution in [3.63, 3.8) is 0 Å². The average molecular weight is 511 g/mol. The highest BCUT2D eigenvalue weighted by Gasteiger charge is 2.29. The first kappa shape index (κ1) is 25.8. The van der Waals surface area contributed by atoms with E-state index >= 15 is 0 Å². The predicted octanol–water partition coefficient (Wildman–Crippen LogP) is -1.11. The normalized spacial score (nSPS) is 17.2. The lowest BCUT2D eigenvalue weighted by Gasteiger charge is -2.11. The van der Waals surface area contributed by atoms with E-state index in [0.29, 0.717) is 22.8 Å². The minimum atomic E-state index is -0.445. The quantitative estimate of drug-likeness (QED) is 0.271. The Morgan fingerprint density at radius 1 is 1.00 bits per heavy atom. The molecule has 1 saturated carbocycles. The third-order valence-corrected chi connectivity index (χ3v) is 6.37. The summed E-state index contributed by atoms with van der Waals surface area (Å²) in [6.07, 6.45) is 10.4. The van der Waals surface area contributed by atoms with Crippen LogP contribution in [0, 0.1) is 5.92 Å². The second-order valence-corrected chi connectivity index (χ2v) is 9.20. The van der Waals surface area contributed by atoms with Crippen LogP contribution in [0.3, 0.4) is 0 Å². The fourth-order valence-corrected chi connectivity index (χ4v) is 4.40. The number of hydrogen-bond acceptors (Lipinski definition) is 6. The van der Waals surface area contributed by atoms with Crippen molar-refractivity contribution in [2.75, 3.05) is 25.5 Å². The lowest BCUT2D eigenvalue weighted by Crippen LogP contribution is -3.07. The molecule has 13 heteroatoms. The van der Waals surface area contributed by atoms with Gasteiger partial charge in [-0.15, -0.1) is 0 Å². The topological polar surface area (TPSA) is 156 Å². The van der Waals surface area contributed by atoms with Gasteiger partial charge >= 0.3 is 5.91 Å². The summed E-state index contributed by atoms with van der Waals surface area (Å²) in [5.74, 6) is -0.419. The number of imidazole rings is 1. The summed E-state index contributed by atoms with van der Waals surface area (Å²) in [7, 11) is 5.12. The Morgan fingerprint density at radius 3 is 2.43 bits per heavy atom. The first-order valence-electron chi connectivity index (χ1n) is 12.2. The Balaban J connectivity index is 1.28. The van der Waals surface area contributed by atoms with Gasteiger partial charge in [-0.25, -0.2) is 4.98 Å². The number of hydrogen-bond donors (Lipinski definition) is 5. The zero-order valence-electron chi connectivity index (χ0n) is 21.1. The highest BCUT2D eigenvalue weighted by Crippen LogP contribution is 2.24. The molecule has 1 aliphatic carbocycles. The fourth-order valence-electron chi connectivity index (χ4n) is 4.40. The monoisotopic (exact) mass is 510 g/mol. The number of nitrogens with zero attached hydrogens (tertiary/aromatic N) is 4. The maximum absolute atomic E-state index is 12.8. The molecule has 0 spiro atoms. The van der Waals surface area contributed by atoms with E-state index in [0.717, 1.165) is 25.7 Å². The molecular formula is C24H32N9O4+. The molecule has 2 aromatic rings. The van der Waals surface area contributed by atoms with Crippen LogP contribution in [0.5, 0.6) is 0 Å². The van der Waals surface area contributed by atoms with Crippen LogP contribution in [0.4, 0.5) is 5.69 Å². The van der Waals surface area contributed by atoms with E-state index in [1.54, 1.807) is 54.9 Å². The van der Waals surface area contributed by atoms with E-state index in [9.17, 15) is 19.2 Å².